The molecule has 1 atom stereocenters. The van der Waals surface area contributed by atoms with Crippen LogP contribution in [0.1, 0.15) is 22.9 Å². The average Bonchev–Trinajstić information content (AvgIpc) is 3.31. The van der Waals surface area contributed by atoms with Crippen LogP contribution in [0.4, 0.5) is 0 Å². The van der Waals surface area contributed by atoms with Crippen molar-refractivity contribution in [3.05, 3.63) is 98.4 Å². The van der Waals surface area contributed by atoms with Gasteiger partial charge in [-0.05, 0) is 54.1 Å². The van der Waals surface area contributed by atoms with Crippen LogP contribution in [0.25, 0.3) is 5.76 Å². The van der Waals surface area contributed by atoms with E-state index < -0.39 is 17.7 Å². The highest BCUT2D eigenvalue weighted by molar-refractivity contribution is 6.47. The van der Waals surface area contributed by atoms with Gasteiger partial charge in [-0.15, -0.1) is 0 Å². The van der Waals surface area contributed by atoms with Crippen LogP contribution in [0, 0.1) is 0 Å². The summed E-state index contributed by atoms with van der Waals surface area (Å²) in [6.45, 7) is 0.0264. The van der Waals surface area contributed by atoms with Gasteiger partial charge in [-0.1, -0.05) is 40.9 Å². The number of ketones is 1. The molecule has 1 amide bonds. The van der Waals surface area contributed by atoms with Gasteiger partial charge in [0, 0.05) is 20.6 Å². The Bertz CT molecular complexity index is 1150. The van der Waals surface area contributed by atoms with Gasteiger partial charge in [0.2, 0.25) is 0 Å². The van der Waals surface area contributed by atoms with Crippen LogP contribution in [-0.2, 0) is 16.1 Å². The van der Waals surface area contributed by atoms with Crippen molar-refractivity contribution in [1.82, 2.24) is 4.90 Å². The lowest BCUT2D eigenvalue weighted by molar-refractivity contribution is -0.140. The molecule has 1 aliphatic heterocycles. The van der Waals surface area contributed by atoms with Crippen LogP contribution in [0.3, 0.4) is 0 Å². The third-order valence-electron chi connectivity index (χ3n) is 4.82. The molecule has 1 unspecified atom stereocenters. The molecule has 2 heterocycles. The van der Waals surface area contributed by atoms with Crippen LogP contribution in [0.2, 0.25) is 15.1 Å². The molecule has 2 aromatic carbocycles. The predicted octanol–water partition coefficient (Wildman–Crippen LogP) is 5.86. The maximum Gasteiger partial charge on any atom is 0.296 e. The molecule has 1 saturated heterocycles. The molecule has 0 bridgehead atoms. The largest absolute Gasteiger partial charge is 0.507 e. The van der Waals surface area contributed by atoms with Gasteiger partial charge in [0.15, 0.2) is 0 Å². The molecule has 152 valence electrons. The van der Waals surface area contributed by atoms with E-state index in [-0.39, 0.29) is 22.9 Å². The van der Waals surface area contributed by atoms with Crippen molar-refractivity contribution in [2.75, 3.05) is 0 Å². The van der Waals surface area contributed by atoms with Gasteiger partial charge in [0.1, 0.15) is 11.5 Å². The topological polar surface area (TPSA) is 70.8 Å². The minimum absolute atomic E-state index is 0.0264. The van der Waals surface area contributed by atoms with Crippen molar-refractivity contribution in [2.24, 2.45) is 0 Å². The Morgan fingerprint density at radius 3 is 2.33 bits per heavy atom. The minimum Gasteiger partial charge on any atom is -0.507 e. The second-order valence-corrected chi connectivity index (χ2v) is 7.96. The number of aliphatic hydroxyl groups excluding tert-OH is 1. The van der Waals surface area contributed by atoms with E-state index in [1.807, 2.05) is 0 Å². The predicted molar refractivity (Wildman–Crippen MR) is 114 cm³/mol. The standard InChI is InChI=1S/C22H14Cl3NO4/c23-13-5-3-12(4-6-13)20(27)18-19(16-8-7-14(24)10-17(16)25)26(22(29)21(18)28)11-15-2-1-9-30-15/h1-10,19,27H,11H2. The Kier molecular flexibility index (Phi) is 5.60. The Labute approximate surface area is 187 Å². The number of carbonyl (C=O) groups is 2. The fourth-order valence-electron chi connectivity index (χ4n) is 3.42. The summed E-state index contributed by atoms with van der Waals surface area (Å²) >= 11 is 18.4. The SMILES string of the molecule is O=C1C(=O)N(Cc2ccco2)C(c2ccc(Cl)cc2Cl)C1=C(O)c1ccc(Cl)cc1. The molecule has 30 heavy (non-hydrogen) atoms. The summed E-state index contributed by atoms with van der Waals surface area (Å²) in [5.41, 5.74) is 0.742. The Hall–Kier alpha value is -2.73. The number of rotatable bonds is 4. The first-order valence-electron chi connectivity index (χ1n) is 8.88. The zero-order valence-electron chi connectivity index (χ0n) is 15.3. The van der Waals surface area contributed by atoms with E-state index in [1.54, 1.807) is 48.5 Å². The molecular formula is C22H14Cl3NO4. The van der Waals surface area contributed by atoms with Crippen LogP contribution in [0.15, 0.2) is 70.9 Å². The first-order chi connectivity index (χ1) is 14.4. The van der Waals surface area contributed by atoms with Gasteiger partial charge in [-0.3, -0.25) is 9.59 Å². The summed E-state index contributed by atoms with van der Waals surface area (Å²) in [4.78, 5) is 27.2. The molecule has 1 aromatic heterocycles. The van der Waals surface area contributed by atoms with Gasteiger partial charge in [-0.25, -0.2) is 0 Å². The minimum atomic E-state index is -0.921. The number of nitrogens with zero attached hydrogens (tertiary/aromatic N) is 1. The van der Waals surface area contributed by atoms with Crippen molar-refractivity contribution >= 4 is 52.3 Å². The Morgan fingerprint density at radius 2 is 1.70 bits per heavy atom. The van der Waals surface area contributed by atoms with E-state index in [0.29, 0.717) is 26.9 Å². The van der Waals surface area contributed by atoms with Gasteiger partial charge >= 0.3 is 0 Å². The van der Waals surface area contributed by atoms with Gasteiger partial charge < -0.3 is 14.4 Å². The zero-order chi connectivity index (χ0) is 21.4. The molecule has 0 spiro atoms. The summed E-state index contributed by atoms with van der Waals surface area (Å²) < 4.78 is 5.35. The van der Waals surface area contributed by atoms with Gasteiger partial charge in [0.25, 0.3) is 11.7 Å². The van der Waals surface area contributed by atoms with E-state index in [9.17, 15) is 14.7 Å². The van der Waals surface area contributed by atoms with Crippen LogP contribution < -0.4 is 0 Å². The van der Waals surface area contributed by atoms with E-state index >= 15 is 0 Å². The first kappa shape index (κ1) is 20.5. The Balaban J connectivity index is 1.90. The van der Waals surface area contributed by atoms with Gasteiger partial charge in [0.05, 0.1) is 24.4 Å². The molecule has 1 aliphatic rings. The molecule has 3 aromatic rings. The van der Waals surface area contributed by atoms with Crippen molar-refractivity contribution in [1.29, 1.82) is 0 Å². The molecule has 0 aliphatic carbocycles. The molecule has 0 saturated carbocycles. The van der Waals surface area contributed by atoms with E-state index in [1.165, 1.54) is 17.2 Å². The second kappa shape index (κ2) is 8.19. The lowest BCUT2D eigenvalue weighted by atomic mass is 9.95. The quantitative estimate of drug-likeness (QED) is 0.299. The highest BCUT2D eigenvalue weighted by Gasteiger charge is 2.47. The molecule has 1 N–H and O–H groups in total. The third kappa shape index (κ3) is 3.72. The zero-order valence-corrected chi connectivity index (χ0v) is 17.6. The average molecular weight is 463 g/mol. The maximum absolute atomic E-state index is 13.0. The maximum atomic E-state index is 13.0. The summed E-state index contributed by atoms with van der Waals surface area (Å²) in [5.74, 6) is -1.41. The van der Waals surface area contributed by atoms with Crippen LogP contribution in [0.5, 0.6) is 0 Å². The number of benzene rings is 2. The van der Waals surface area contributed by atoms with Crippen LogP contribution >= 0.6 is 34.8 Å². The normalized spacial score (nSPS) is 18.2. The van der Waals surface area contributed by atoms with Crippen molar-refractivity contribution in [3.8, 4) is 0 Å². The number of halogens is 3. The van der Waals surface area contributed by atoms with Crippen molar-refractivity contribution in [3.63, 3.8) is 0 Å². The van der Waals surface area contributed by atoms with E-state index in [0.717, 1.165) is 0 Å². The number of aliphatic hydroxyl groups is 1. The number of hydrogen-bond acceptors (Lipinski definition) is 4. The monoisotopic (exact) mass is 461 g/mol. The summed E-state index contributed by atoms with van der Waals surface area (Å²) in [7, 11) is 0. The lowest BCUT2D eigenvalue weighted by Crippen LogP contribution is -2.29. The van der Waals surface area contributed by atoms with Gasteiger partial charge in [-0.2, -0.15) is 0 Å². The fourth-order valence-corrected chi connectivity index (χ4v) is 4.06. The molecule has 5 nitrogen and oxygen atoms in total. The second-order valence-electron chi connectivity index (χ2n) is 6.68. The molecular weight excluding hydrogens is 449 g/mol. The number of Topliss-reactive ketones (excluding diaryl/α,β-unsaturated/α-hetero) is 1. The van der Waals surface area contributed by atoms with E-state index in [4.69, 9.17) is 39.2 Å². The smallest absolute Gasteiger partial charge is 0.296 e. The number of furan rings is 1. The third-order valence-corrected chi connectivity index (χ3v) is 5.64. The first-order valence-corrected chi connectivity index (χ1v) is 10.0. The number of amides is 1. The van der Waals surface area contributed by atoms with Crippen molar-refractivity contribution in [2.45, 2.75) is 12.6 Å². The fraction of sp³-hybridized carbons (Fsp3) is 0.0909. The summed E-state index contributed by atoms with van der Waals surface area (Å²) in [5, 5.41) is 12.1. The molecule has 0 radical (unpaired) electrons. The summed E-state index contributed by atoms with van der Waals surface area (Å²) in [6.07, 6.45) is 1.48. The lowest BCUT2D eigenvalue weighted by Gasteiger charge is -2.25. The molecule has 1 fully saturated rings. The summed E-state index contributed by atoms with van der Waals surface area (Å²) in [6, 6.07) is 13.5. The highest BCUT2D eigenvalue weighted by Crippen LogP contribution is 2.43. The van der Waals surface area contributed by atoms with E-state index in [2.05, 4.69) is 0 Å². The number of hydrogen-bond donors (Lipinski definition) is 1. The number of carbonyl (C=O) groups excluding carboxylic acids is 2. The van der Waals surface area contributed by atoms with Crippen LogP contribution in [-0.4, -0.2) is 21.7 Å². The Morgan fingerprint density at radius 1 is 1.00 bits per heavy atom. The highest BCUT2D eigenvalue weighted by atomic mass is 35.5. The molecule has 4 rings (SSSR count). The van der Waals surface area contributed by atoms with Crippen molar-refractivity contribution < 1.29 is 19.1 Å². The molecule has 8 heteroatoms. The number of likely N-dealkylation sites (tertiary alicyclic amines) is 1.